The molecule has 2 N–H and O–H groups in total. The number of nitrogens with one attached hydrogen (secondary N) is 2. The average Bonchev–Trinajstić information content (AvgIpc) is 2.59. The van der Waals surface area contributed by atoms with Crippen molar-refractivity contribution in [3.8, 4) is 0 Å². The van der Waals surface area contributed by atoms with Crippen molar-refractivity contribution in [2.24, 2.45) is 0 Å². The molecule has 0 spiro atoms. The molecule has 0 fully saturated rings. The topological polar surface area (TPSA) is 101 Å². The molecule has 2 aromatic carbocycles. The SMILES string of the molecule is Cc1ccc(C(=O)/C=C/NNC(=O)c2cccc([N+](=O)[O-])c2)cc1. The third-order valence-corrected chi connectivity index (χ3v) is 3.16. The van der Waals surface area contributed by atoms with Crippen LogP contribution in [0, 0.1) is 17.0 Å². The van der Waals surface area contributed by atoms with Crippen LogP contribution in [0.3, 0.4) is 0 Å². The summed E-state index contributed by atoms with van der Waals surface area (Å²) in [6.07, 6.45) is 2.57. The highest BCUT2D eigenvalue weighted by molar-refractivity contribution is 6.04. The summed E-state index contributed by atoms with van der Waals surface area (Å²) in [7, 11) is 0. The van der Waals surface area contributed by atoms with Gasteiger partial charge in [-0.05, 0) is 13.0 Å². The lowest BCUT2D eigenvalue weighted by Gasteiger charge is -2.04. The van der Waals surface area contributed by atoms with E-state index in [1.807, 2.05) is 19.1 Å². The first-order chi connectivity index (χ1) is 11.5. The van der Waals surface area contributed by atoms with Crippen LogP contribution in [0.5, 0.6) is 0 Å². The van der Waals surface area contributed by atoms with Crippen molar-refractivity contribution in [3.63, 3.8) is 0 Å². The summed E-state index contributed by atoms with van der Waals surface area (Å²) in [5.41, 5.74) is 6.35. The van der Waals surface area contributed by atoms with Crippen LogP contribution in [0.15, 0.2) is 60.8 Å². The van der Waals surface area contributed by atoms with Crippen molar-refractivity contribution >= 4 is 17.4 Å². The second-order valence-corrected chi connectivity index (χ2v) is 4.97. The van der Waals surface area contributed by atoms with Crippen molar-refractivity contribution in [1.82, 2.24) is 10.9 Å². The molecule has 0 unspecified atom stereocenters. The van der Waals surface area contributed by atoms with Crippen LogP contribution in [-0.2, 0) is 0 Å². The van der Waals surface area contributed by atoms with E-state index >= 15 is 0 Å². The van der Waals surface area contributed by atoms with E-state index < -0.39 is 10.8 Å². The van der Waals surface area contributed by atoms with E-state index in [1.165, 1.54) is 30.5 Å². The Morgan fingerprint density at radius 1 is 1.08 bits per heavy atom. The summed E-state index contributed by atoms with van der Waals surface area (Å²) in [6, 6.07) is 12.4. The lowest BCUT2D eigenvalue weighted by Crippen LogP contribution is -2.33. The molecular formula is C17H15N3O4. The summed E-state index contributed by atoms with van der Waals surface area (Å²) < 4.78 is 0. The Kier molecular flexibility index (Phi) is 5.40. The Labute approximate surface area is 138 Å². The third-order valence-electron chi connectivity index (χ3n) is 3.16. The van der Waals surface area contributed by atoms with Crippen molar-refractivity contribution in [2.75, 3.05) is 0 Å². The first kappa shape index (κ1) is 16.9. The van der Waals surface area contributed by atoms with Gasteiger partial charge in [0.05, 0.1) is 4.92 Å². The van der Waals surface area contributed by atoms with E-state index in [1.54, 1.807) is 12.1 Å². The van der Waals surface area contributed by atoms with Gasteiger partial charge in [0, 0.05) is 35.5 Å². The molecule has 24 heavy (non-hydrogen) atoms. The molecule has 0 saturated heterocycles. The number of ketones is 1. The van der Waals surface area contributed by atoms with Crippen LogP contribution in [0.25, 0.3) is 0 Å². The van der Waals surface area contributed by atoms with E-state index in [4.69, 9.17) is 0 Å². The second kappa shape index (κ2) is 7.68. The number of hydrogen-bond acceptors (Lipinski definition) is 5. The minimum absolute atomic E-state index is 0.134. The van der Waals surface area contributed by atoms with Gasteiger partial charge >= 0.3 is 0 Å². The number of rotatable bonds is 6. The molecule has 2 rings (SSSR count). The molecule has 0 heterocycles. The molecule has 0 aliphatic heterocycles. The highest BCUT2D eigenvalue weighted by atomic mass is 16.6. The van der Waals surface area contributed by atoms with Gasteiger partial charge in [0.2, 0.25) is 0 Å². The molecule has 0 aromatic heterocycles. The quantitative estimate of drug-likeness (QED) is 0.368. The lowest BCUT2D eigenvalue weighted by atomic mass is 10.1. The maximum Gasteiger partial charge on any atom is 0.270 e. The van der Waals surface area contributed by atoms with E-state index in [0.29, 0.717) is 5.56 Å². The van der Waals surface area contributed by atoms with Crippen molar-refractivity contribution < 1.29 is 14.5 Å². The summed E-state index contributed by atoms with van der Waals surface area (Å²) in [4.78, 5) is 33.8. The fourth-order valence-electron chi connectivity index (χ4n) is 1.87. The van der Waals surface area contributed by atoms with Crippen molar-refractivity contribution in [3.05, 3.63) is 87.6 Å². The summed E-state index contributed by atoms with van der Waals surface area (Å²) in [5.74, 6) is -0.766. The van der Waals surface area contributed by atoms with Crippen LogP contribution < -0.4 is 10.9 Å². The molecule has 2 aromatic rings. The maximum absolute atomic E-state index is 11.9. The molecule has 0 atom stereocenters. The standard InChI is InChI=1S/C17H15N3O4/c1-12-5-7-13(8-6-12)16(21)9-10-18-19-17(22)14-3-2-4-15(11-14)20(23)24/h2-11,18H,1H3,(H,19,22)/b10-9+. The Balaban J connectivity index is 1.90. The number of nitrogens with zero attached hydrogens (tertiary/aromatic N) is 1. The largest absolute Gasteiger partial charge is 0.305 e. The number of carbonyl (C=O) groups excluding carboxylic acids is 2. The molecule has 0 aliphatic carbocycles. The zero-order chi connectivity index (χ0) is 17.5. The molecule has 0 aliphatic rings. The second-order valence-electron chi connectivity index (χ2n) is 4.97. The van der Waals surface area contributed by atoms with Gasteiger partial charge in [-0.2, -0.15) is 0 Å². The van der Waals surface area contributed by atoms with Gasteiger partial charge in [-0.25, -0.2) is 0 Å². The number of benzene rings is 2. The van der Waals surface area contributed by atoms with Crippen LogP contribution in [-0.4, -0.2) is 16.6 Å². The number of nitro benzene ring substituents is 1. The number of amides is 1. The zero-order valence-electron chi connectivity index (χ0n) is 12.9. The number of nitro groups is 1. The summed E-state index contributed by atoms with van der Waals surface area (Å²) in [5, 5.41) is 10.7. The molecule has 7 heteroatoms. The van der Waals surface area contributed by atoms with Crippen molar-refractivity contribution in [2.45, 2.75) is 6.92 Å². The number of hydrogen-bond donors (Lipinski definition) is 2. The first-order valence-corrected chi connectivity index (χ1v) is 7.05. The predicted molar refractivity (Wildman–Crippen MR) is 88.3 cm³/mol. The van der Waals surface area contributed by atoms with Gasteiger partial charge in [-0.1, -0.05) is 35.9 Å². The van der Waals surface area contributed by atoms with Crippen LogP contribution in [0.2, 0.25) is 0 Å². The van der Waals surface area contributed by atoms with Crippen LogP contribution in [0.4, 0.5) is 5.69 Å². The number of non-ortho nitro benzene ring substituents is 1. The number of allylic oxidation sites excluding steroid dienone is 1. The van der Waals surface area contributed by atoms with Gasteiger partial charge in [0.1, 0.15) is 0 Å². The van der Waals surface area contributed by atoms with Gasteiger partial charge < -0.3 is 5.43 Å². The van der Waals surface area contributed by atoms with Gasteiger partial charge in [-0.15, -0.1) is 0 Å². The summed E-state index contributed by atoms with van der Waals surface area (Å²) >= 11 is 0. The molecule has 1 amide bonds. The molecule has 0 bridgehead atoms. The molecular weight excluding hydrogens is 310 g/mol. The Bertz CT molecular complexity index is 798. The Morgan fingerprint density at radius 2 is 1.79 bits per heavy atom. The van der Waals surface area contributed by atoms with Gasteiger partial charge in [0.15, 0.2) is 5.78 Å². The van der Waals surface area contributed by atoms with Crippen LogP contribution >= 0.6 is 0 Å². The van der Waals surface area contributed by atoms with Crippen LogP contribution in [0.1, 0.15) is 26.3 Å². The zero-order valence-corrected chi connectivity index (χ0v) is 12.9. The molecule has 0 saturated carbocycles. The fourth-order valence-corrected chi connectivity index (χ4v) is 1.87. The molecule has 122 valence electrons. The first-order valence-electron chi connectivity index (χ1n) is 7.05. The number of carbonyl (C=O) groups is 2. The predicted octanol–water partition coefficient (Wildman–Crippen LogP) is 2.53. The van der Waals surface area contributed by atoms with Crippen molar-refractivity contribution in [1.29, 1.82) is 0 Å². The average molecular weight is 325 g/mol. The number of aryl methyl sites for hydroxylation is 1. The normalized spacial score (nSPS) is 10.4. The number of hydrazine groups is 1. The molecule has 7 nitrogen and oxygen atoms in total. The van der Waals surface area contributed by atoms with Gasteiger partial charge in [0.25, 0.3) is 11.6 Å². The van der Waals surface area contributed by atoms with E-state index in [-0.39, 0.29) is 17.0 Å². The fraction of sp³-hybridized carbons (Fsp3) is 0.0588. The Hall–Kier alpha value is -3.48. The maximum atomic E-state index is 11.9. The Morgan fingerprint density at radius 3 is 2.46 bits per heavy atom. The molecule has 0 radical (unpaired) electrons. The highest BCUT2D eigenvalue weighted by Crippen LogP contribution is 2.12. The van der Waals surface area contributed by atoms with Gasteiger partial charge in [-0.3, -0.25) is 25.1 Å². The third kappa shape index (κ3) is 4.51. The highest BCUT2D eigenvalue weighted by Gasteiger charge is 2.10. The van der Waals surface area contributed by atoms with E-state index in [0.717, 1.165) is 11.6 Å². The van der Waals surface area contributed by atoms with E-state index in [2.05, 4.69) is 10.9 Å². The minimum atomic E-state index is -0.579. The monoisotopic (exact) mass is 325 g/mol. The van der Waals surface area contributed by atoms with E-state index in [9.17, 15) is 19.7 Å². The lowest BCUT2D eigenvalue weighted by molar-refractivity contribution is -0.384. The smallest absolute Gasteiger partial charge is 0.270 e. The summed E-state index contributed by atoms with van der Waals surface area (Å²) in [6.45, 7) is 1.93. The minimum Gasteiger partial charge on any atom is -0.305 e.